The summed E-state index contributed by atoms with van der Waals surface area (Å²) in [4.78, 5) is 32.7. The summed E-state index contributed by atoms with van der Waals surface area (Å²) < 4.78 is 35.3. The highest BCUT2D eigenvalue weighted by molar-refractivity contribution is 7.46. The lowest BCUT2D eigenvalue weighted by Gasteiger charge is -2.43. The topological polar surface area (TPSA) is 127 Å². The van der Waals surface area contributed by atoms with Crippen LogP contribution in [0.1, 0.15) is 69.2 Å². The number of nitrogens with one attached hydrogen (secondary N) is 1. The largest absolute Gasteiger partial charge is 0.469 e. The number of amides is 1. The minimum absolute atomic E-state index is 0.0954. The first-order valence-corrected chi connectivity index (χ1v) is 21.0. The molecule has 1 aliphatic heterocycles. The Kier molecular flexibility index (Phi) is 14.6. The lowest BCUT2D eigenvalue weighted by atomic mass is 10.1. The predicted molar refractivity (Wildman–Crippen MR) is 158 cm³/mol. The molecule has 0 bridgehead atoms. The molecule has 13 heteroatoms. The van der Waals surface area contributed by atoms with Crippen molar-refractivity contribution < 1.29 is 37.3 Å². The number of ether oxygens (including phenoxy) is 1. The van der Waals surface area contributed by atoms with E-state index in [1.165, 1.54) is 26.6 Å². The monoisotopic (exact) mass is 600 g/mol. The van der Waals surface area contributed by atoms with Crippen molar-refractivity contribution in [3.63, 3.8) is 0 Å². The zero-order chi connectivity index (χ0) is 30.3. The maximum atomic E-state index is 12.0. The van der Waals surface area contributed by atoms with Crippen molar-refractivity contribution >= 4 is 30.4 Å². The molecular formula is C25H57N2O8PSi2. The standard InChI is InChI=1S/C19H42NO8PSi2.C6H15N/c1-13(21)20-15-14(12-25-29(22,23)24)26-17(28-31(10,11)19(5,6)7)16(15)27-30(8,9)18(2,3)4;1-4-7(5-2)6-3/h14-17H,12H2,1-11H3,(H,20,21)(H2,22,23,24);4-6H2,1-3H3/t14-,15-,16-,17+;/m1./s1. The number of phosphoric ester groups is 1. The van der Waals surface area contributed by atoms with Crippen LogP contribution in [-0.2, 0) is 27.5 Å². The quantitative estimate of drug-likeness (QED) is 0.220. The van der Waals surface area contributed by atoms with Gasteiger partial charge in [0.15, 0.2) is 22.9 Å². The summed E-state index contributed by atoms with van der Waals surface area (Å²) >= 11 is 0. The predicted octanol–water partition coefficient (Wildman–Crippen LogP) is 5.09. The van der Waals surface area contributed by atoms with Gasteiger partial charge in [-0.15, -0.1) is 0 Å². The van der Waals surface area contributed by atoms with Crippen molar-refractivity contribution in [2.45, 2.75) is 130 Å². The molecule has 1 aliphatic rings. The van der Waals surface area contributed by atoms with Crippen LogP contribution in [0.3, 0.4) is 0 Å². The molecule has 0 aromatic carbocycles. The Labute approximate surface area is 234 Å². The first-order chi connectivity index (χ1) is 16.9. The fraction of sp³-hybridized carbons (Fsp3) is 0.960. The van der Waals surface area contributed by atoms with Crippen LogP contribution >= 0.6 is 7.82 Å². The molecule has 0 spiro atoms. The molecule has 38 heavy (non-hydrogen) atoms. The van der Waals surface area contributed by atoms with E-state index in [-0.39, 0.29) is 16.0 Å². The average Bonchev–Trinajstić information content (AvgIpc) is 3.01. The van der Waals surface area contributed by atoms with Crippen molar-refractivity contribution in [1.29, 1.82) is 0 Å². The van der Waals surface area contributed by atoms with Crippen molar-refractivity contribution in [3.8, 4) is 0 Å². The van der Waals surface area contributed by atoms with Crippen LogP contribution in [0.15, 0.2) is 0 Å². The SMILES string of the molecule is CC(=O)N[C@H]1[C@@H](O[Si](C)(C)C(C)(C)C)[C@H](O[Si](C)(C)C(C)(C)C)O[C@@H]1COP(=O)(O)O.CCN(CC)CC. The Morgan fingerprint density at radius 2 is 1.34 bits per heavy atom. The highest BCUT2D eigenvalue weighted by Crippen LogP contribution is 2.44. The molecule has 4 atom stereocenters. The third kappa shape index (κ3) is 12.2. The minimum atomic E-state index is -4.71. The van der Waals surface area contributed by atoms with Gasteiger partial charge in [-0.2, -0.15) is 0 Å². The van der Waals surface area contributed by atoms with Crippen LogP contribution in [0.5, 0.6) is 0 Å². The molecule has 1 amide bonds. The lowest BCUT2D eigenvalue weighted by Crippen LogP contribution is -2.56. The van der Waals surface area contributed by atoms with Gasteiger partial charge in [-0.1, -0.05) is 62.3 Å². The molecule has 1 saturated heterocycles. The van der Waals surface area contributed by atoms with E-state index in [2.05, 4.69) is 98.7 Å². The molecule has 0 unspecified atom stereocenters. The minimum Gasteiger partial charge on any atom is -0.407 e. The maximum absolute atomic E-state index is 12.0. The fourth-order valence-electron chi connectivity index (χ4n) is 3.32. The van der Waals surface area contributed by atoms with Crippen LogP contribution in [0, 0.1) is 0 Å². The molecule has 1 fully saturated rings. The first kappa shape index (κ1) is 37.9. The number of rotatable bonds is 11. The van der Waals surface area contributed by atoms with E-state index in [1.54, 1.807) is 0 Å². The molecule has 0 saturated carbocycles. The van der Waals surface area contributed by atoms with Crippen molar-refractivity contribution in [2.75, 3.05) is 26.2 Å². The van der Waals surface area contributed by atoms with Gasteiger partial charge in [-0.05, 0) is 55.9 Å². The van der Waals surface area contributed by atoms with Gasteiger partial charge in [0.25, 0.3) is 0 Å². The molecule has 1 rings (SSSR count). The Bertz CT molecular complexity index is 771. The Hall–Kier alpha value is -0.146. The fourth-order valence-corrected chi connectivity index (χ4v) is 6.07. The van der Waals surface area contributed by atoms with E-state index in [9.17, 15) is 9.36 Å². The number of carbonyl (C=O) groups excluding carboxylic acids is 1. The summed E-state index contributed by atoms with van der Waals surface area (Å²) in [6.07, 6.45) is -2.26. The average molecular weight is 601 g/mol. The summed E-state index contributed by atoms with van der Waals surface area (Å²) in [6.45, 7) is 32.1. The van der Waals surface area contributed by atoms with Gasteiger partial charge in [0.05, 0.1) is 12.6 Å². The van der Waals surface area contributed by atoms with Crippen molar-refractivity contribution in [2.24, 2.45) is 0 Å². The second-order valence-electron chi connectivity index (χ2n) is 12.9. The molecule has 0 aromatic heterocycles. The van der Waals surface area contributed by atoms with E-state index in [0.717, 1.165) is 0 Å². The summed E-state index contributed by atoms with van der Waals surface area (Å²) in [5.74, 6) is -0.299. The molecule has 3 N–H and O–H groups in total. The summed E-state index contributed by atoms with van der Waals surface area (Å²) in [5, 5.41) is 2.65. The summed E-state index contributed by atoms with van der Waals surface area (Å²) in [7, 11) is -9.30. The zero-order valence-corrected chi connectivity index (χ0v) is 29.3. The smallest absolute Gasteiger partial charge is 0.407 e. The van der Waals surface area contributed by atoms with Gasteiger partial charge in [0, 0.05) is 6.92 Å². The highest BCUT2D eigenvalue weighted by Gasteiger charge is 2.54. The van der Waals surface area contributed by atoms with E-state index < -0.39 is 55.6 Å². The van der Waals surface area contributed by atoms with Gasteiger partial charge >= 0.3 is 7.82 Å². The first-order valence-electron chi connectivity index (χ1n) is 13.6. The van der Waals surface area contributed by atoms with Crippen LogP contribution < -0.4 is 5.32 Å². The molecule has 0 radical (unpaired) electrons. The van der Waals surface area contributed by atoms with Crippen molar-refractivity contribution in [3.05, 3.63) is 0 Å². The Morgan fingerprint density at radius 1 is 0.921 bits per heavy atom. The van der Waals surface area contributed by atoms with Gasteiger partial charge in [0.2, 0.25) is 5.91 Å². The van der Waals surface area contributed by atoms with Crippen LogP contribution in [0.25, 0.3) is 0 Å². The molecular weight excluding hydrogens is 543 g/mol. The van der Waals surface area contributed by atoms with E-state index in [0.29, 0.717) is 0 Å². The van der Waals surface area contributed by atoms with Crippen LogP contribution in [-0.4, -0.2) is 88.0 Å². The van der Waals surface area contributed by atoms with Crippen LogP contribution in [0.4, 0.5) is 0 Å². The number of hydrogen-bond donors (Lipinski definition) is 3. The van der Waals surface area contributed by atoms with Gasteiger partial charge in [0.1, 0.15) is 12.2 Å². The normalized spacial score (nSPS) is 23.3. The van der Waals surface area contributed by atoms with Crippen molar-refractivity contribution in [1.82, 2.24) is 10.2 Å². The van der Waals surface area contributed by atoms with Gasteiger partial charge in [-0.3, -0.25) is 9.32 Å². The summed E-state index contributed by atoms with van der Waals surface area (Å²) in [5.41, 5.74) is 0. The third-order valence-electron chi connectivity index (χ3n) is 7.90. The zero-order valence-electron chi connectivity index (χ0n) is 26.4. The number of carbonyl (C=O) groups is 1. The molecule has 1 heterocycles. The molecule has 0 aromatic rings. The highest BCUT2D eigenvalue weighted by atomic mass is 31.2. The molecule has 0 aliphatic carbocycles. The second-order valence-corrected chi connectivity index (χ2v) is 23.6. The Balaban J connectivity index is 0.00000171. The maximum Gasteiger partial charge on any atom is 0.469 e. The number of hydrogen-bond acceptors (Lipinski definition) is 7. The van der Waals surface area contributed by atoms with Gasteiger partial charge in [-0.25, -0.2) is 4.57 Å². The second kappa shape index (κ2) is 14.7. The van der Waals surface area contributed by atoms with E-state index >= 15 is 0 Å². The third-order valence-corrected chi connectivity index (χ3v) is 17.3. The molecule has 10 nitrogen and oxygen atoms in total. The molecule has 228 valence electrons. The number of phosphoric acid groups is 1. The summed E-state index contributed by atoms with van der Waals surface area (Å²) in [6, 6.07) is -0.673. The number of nitrogens with zero attached hydrogens (tertiary/aromatic N) is 1. The van der Waals surface area contributed by atoms with E-state index in [4.69, 9.17) is 27.9 Å². The van der Waals surface area contributed by atoms with E-state index in [1.807, 2.05) is 0 Å². The van der Waals surface area contributed by atoms with Gasteiger partial charge < -0.3 is 33.6 Å². The van der Waals surface area contributed by atoms with Crippen LogP contribution in [0.2, 0.25) is 36.3 Å². The Morgan fingerprint density at radius 3 is 1.66 bits per heavy atom. The lowest BCUT2D eigenvalue weighted by molar-refractivity contribution is -0.121.